The smallest absolute Gasteiger partial charge is 0.336 e. The van der Waals surface area contributed by atoms with E-state index in [4.69, 9.17) is 18.9 Å². The molecule has 150 valence electrons. The van der Waals surface area contributed by atoms with Gasteiger partial charge in [-0.3, -0.25) is 0 Å². The molecule has 0 saturated carbocycles. The first-order chi connectivity index (χ1) is 13.8. The molecule has 0 bridgehead atoms. The Balaban J connectivity index is 1.58. The number of ether oxygens (including phenoxy) is 4. The SMILES string of the molecule is COCOC(Cc1ccc(N2CCOCC2)cc1)C(=O)OCc1ccccc1. The van der Waals surface area contributed by atoms with E-state index in [2.05, 4.69) is 17.0 Å². The van der Waals surface area contributed by atoms with Crippen LogP contribution in [0.2, 0.25) is 0 Å². The summed E-state index contributed by atoms with van der Waals surface area (Å²) < 4.78 is 21.4. The third-order valence-electron chi connectivity index (χ3n) is 4.61. The molecule has 1 heterocycles. The Labute approximate surface area is 166 Å². The van der Waals surface area contributed by atoms with Crippen LogP contribution in [0, 0.1) is 0 Å². The summed E-state index contributed by atoms with van der Waals surface area (Å²) in [6, 6.07) is 17.8. The van der Waals surface area contributed by atoms with Crippen LogP contribution in [0.5, 0.6) is 0 Å². The quantitative estimate of drug-likeness (QED) is 0.489. The third-order valence-corrected chi connectivity index (χ3v) is 4.61. The Morgan fingerprint density at radius 1 is 1.04 bits per heavy atom. The summed E-state index contributed by atoms with van der Waals surface area (Å²) in [6.45, 7) is 3.55. The molecule has 3 rings (SSSR count). The Hall–Kier alpha value is -2.41. The number of hydrogen-bond acceptors (Lipinski definition) is 6. The van der Waals surface area contributed by atoms with Crippen LogP contribution < -0.4 is 4.90 Å². The van der Waals surface area contributed by atoms with Gasteiger partial charge < -0.3 is 23.8 Å². The maximum absolute atomic E-state index is 12.5. The van der Waals surface area contributed by atoms with Crippen LogP contribution in [-0.4, -0.2) is 52.3 Å². The van der Waals surface area contributed by atoms with Crippen LogP contribution in [0.4, 0.5) is 5.69 Å². The van der Waals surface area contributed by atoms with Crippen LogP contribution in [0.3, 0.4) is 0 Å². The fourth-order valence-electron chi connectivity index (χ4n) is 3.06. The van der Waals surface area contributed by atoms with Gasteiger partial charge in [-0.15, -0.1) is 0 Å². The monoisotopic (exact) mass is 385 g/mol. The van der Waals surface area contributed by atoms with Crippen molar-refractivity contribution in [3.63, 3.8) is 0 Å². The zero-order valence-corrected chi connectivity index (χ0v) is 16.2. The molecule has 2 aromatic carbocycles. The van der Waals surface area contributed by atoms with E-state index in [0.717, 1.165) is 43.1 Å². The normalized spacial score (nSPS) is 15.2. The van der Waals surface area contributed by atoms with Gasteiger partial charge in [0.25, 0.3) is 0 Å². The van der Waals surface area contributed by atoms with E-state index in [1.54, 1.807) is 0 Å². The summed E-state index contributed by atoms with van der Waals surface area (Å²) in [5.74, 6) is -0.391. The second-order valence-corrected chi connectivity index (χ2v) is 6.63. The Morgan fingerprint density at radius 2 is 1.75 bits per heavy atom. The average molecular weight is 385 g/mol. The minimum atomic E-state index is -0.710. The lowest BCUT2D eigenvalue weighted by Crippen LogP contribution is -2.36. The minimum Gasteiger partial charge on any atom is -0.459 e. The Morgan fingerprint density at radius 3 is 2.43 bits per heavy atom. The fourth-order valence-corrected chi connectivity index (χ4v) is 3.06. The molecular weight excluding hydrogens is 358 g/mol. The van der Waals surface area contributed by atoms with Crippen molar-refractivity contribution in [2.75, 3.05) is 45.1 Å². The number of hydrogen-bond donors (Lipinski definition) is 0. The largest absolute Gasteiger partial charge is 0.459 e. The molecule has 1 unspecified atom stereocenters. The van der Waals surface area contributed by atoms with Gasteiger partial charge in [-0.1, -0.05) is 42.5 Å². The van der Waals surface area contributed by atoms with Crippen LogP contribution in [0.1, 0.15) is 11.1 Å². The number of esters is 1. The summed E-state index contributed by atoms with van der Waals surface area (Å²) in [7, 11) is 1.53. The summed E-state index contributed by atoms with van der Waals surface area (Å²) >= 11 is 0. The maximum Gasteiger partial charge on any atom is 0.336 e. The van der Waals surface area contributed by atoms with Crippen LogP contribution in [0.25, 0.3) is 0 Å². The number of anilines is 1. The molecule has 1 saturated heterocycles. The number of morpholine rings is 1. The van der Waals surface area contributed by atoms with Gasteiger partial charge in [-0.25, -0.2) is 4.79 Å². The van der Waals surface area contributed by atoms with Crippen LogP contribution >= 0.6 is 0 Å². The lowest BCUT2D eigenvalue weighted by molar-refractivity contribution is -0.166. The summed E-state index contributed by atoms with van der Waals surface area (Å²) in [6.07, 6.45) is -0.279. The highest BCUT2D eigenvalue weighted by Gasteiger charge is 2.22. The van der Waals surface area contributed by atoms with E-state index in [9.17, 15) is 4.79 Å². The number of methoxy groups -OCH3 is 1. The molecule has 0 aromatic heterocycles. The van der Waals surface area contributed by atoms with Gasteiger partial charge >= 0.3 is 5.97 Å². The molecule has 0 N–H and O–H groups in total. The minimum absolute atomic E-state index is 0.0387. The first-order valence-electron chi connectivity index (χ1n) is 9.49. The number of carbonyl (C=O) groups is 1. The molecule has 28 heavy (non-hydrogen) atoms. The molecule has 1 atom stereocenters. The first-order valence-corrected chi connectivity index (χ1v) is 9.49. The lowest BCUT2D eigenvalue weighted by Gasteiger charge is -2.29. The molecule has 2 aromatic rings. The summed E-state index contributed by atoms with van der Waals surface area (Å²) in [4.78, 5) is 14.8. The van der Waals surface area contributed by atoms with Gasteiger partial charge in [0.1, 0.15) is 13.4 Å². The molecule has 1 aliphatic rings. The van der Waals surface area contributed by atoms with E-state index in [1.807, 2.05) is 42.5 Å². The van der Waals surface area contributed by atoms with Gasteiger partial charge in [0.2, 0.25) is 0 Å². The highest BCUT2D eigenvalue weighted by Crippen LogP contribution is 2.18. The summed E-state index contributed by atoms with van der Waals surface area (Å²) in [5, 5.41) is 0. The Bertz CT molecular complexity index is 713. The number of benzene rings is 2. The molecule has 6 heteroatoms. The number of carbonyl (C=O) groups excluding carboxylic acids is 1. The van der Waals surface area contributed by atoms with Gasteiger partial charge in [0, 0.05) is 32.3 Å². The fraction of sp³-hybridized carbons (Fsp3) is 0.409. The third kappa shape index (κ3) is 6.05. The molecule has 1 fully saturated rings. The Kier molecular flexibility index (Phi) is 7.84. The molecule has 0 amide bonds. The van der Waals surface area contributed by atoms with Crippen molar-refractivity contribution in [3.05, 3.63) is 65.7 Å². The highest BCUT2D eigenvalue weighted by molar-refractivity contribution is 5.75. The first kappa shape index (κ1) is 20.3. The van der Waals surface area contributed by atoms with E-state index in [0.29, 0.717) is 6.42 Å². The second-order valence-electron chi connectivity index (χ2n) is 6.63. The van der Waals surface area contributed by atoms with Crippen LogP contribution in [-0.2, 0) is 36.8 Å². The van der Waals surface area contributed by atoms with E-state index in [1.165, 1.54) is 7.11 Å². The molecule has 0 spiro atoms. The predicted octanol–water partition coefficient (Wildman–Crippen LogP) is 2.80. The lowest BCUT2D eigenvalue weighted by atomic mass is 10.1. The van der Waals surface area contributed by atoms with E-state index >= 15 is 0 Å². The average Bonchev–Trinajstić information content (AvgIpc) is 2.76. The predicted molar refractivity (Wildman–Crippen MR) is 106 cm³/mol. The zero-order chi connectivity index (χ0) is 19.6. The number of nitrogens with zero attached hydrogens (tertiary/aromatic N) is 1. The molecule has 0 radical (unpaired) electrons. The molecule has 6 nitrogen and oxygen atoms in total. The van der Waals surface area contributed by atoms with E-state index < -0.39 is 12.1 Å². The van der Waals surface area contributed by atoms with Crippen molar-refractivity contribution >= 4 is 11.7 Å². The zero-order valence-electron chi connectivity index (χ0n) is 16.2. The van der Waals surface area contributed by atoms with Gasteiger partial charge in [0.05, 0.1) is 13.2 Å². The van der Waals surface area contributed by atoms with Gasteiger partial charge in [-0.2, -0.15) is 0 Å². The van der Waals surface area contributed by atoms with Crippen molar-refractivity contribution in [1.82, 2.24) is 0 Å². The van der Waals surface area contributed by atoms with Crippen LogP contribution in [0.15, 0.2) is 54.6 Å². The molecule has 0 aliphatic carbocycles. The number of rotatable bonds is 9. The second kappa shape index (κ2) is 10.8. The topological polar surface area (TPSA) is 57.2 Å². The standard InChI is InChI=1S/C22H27NO5/c1-25-17-28-21(22(24)27-16-19-5-3-2-4-6-19)15-18-7-9-20(10-8-18)23-11-13-26-14-12-23/h2-10,21H,11-17H2,1H3. The van der Waals surface area contributed by atoms with Crippen molar-refractivity contribution in [3.8, 4) is 0 Å². The van der Waals surface area contributed by atoms with Gasteiger partial charge in [-0.05, 0) is 23.3 Å². The van der Waals surface area contributed by atoms with Crippen molar-refractivity contribution < 1.29 is 23.7 Å². The molecule has 1 aliphatic heterocycles. The van der Waals surface area contributed by atoms with Gasteiger partial charge in [0.15, 0.2) is 6.10 Å². The van der Waals surface area contributed by atoms with Crippen molar-refractivity contribution in [2.24, 2.45) is 0 Å². The van der Waals surface area contributed by atoms with E-state index in [-0.39, 0.29) is 13.4 Å². The van der Waals surface area contributed by atoms with Crippen molar-refractivity contribution in [2.45, 2.75) is 19.1 Å². The maximum atomic E-state index is 12.5. The summed E-state index contributed by atoms with van der Waals surface area (Å²) in [5.41, 5.74) is 3.11. The highest BCUT2D eigenvalue weighted by atomic mass is 16.7. The van der Waals surface area contributed by atoms with Crippen molar-refractivity contribution in [1.29, 1.82) is 0 Å². The molecular formula is C22H27NO5.